The Morgan fingerprint density at radius 2 is 1.61 bits per heavy atom. The summed E-state index contributed by atoms with van der Waals surface area (Å²) in [6.45, 7) is 0. The highest BCUT2D eigenvalue weighted by Gasteiger charge is 2.09. The third-order valence-electron chi connectivity index (χ3n) is 2.97. The second-order valence-electron chi connectivity index (χ2n) is 4.13. The number of pyridine rings is 1. The van der Waals surface area contributed by atoms with Gasteiger partial charge in [-0.3, -0.25) is 4.79 Å². The fourth-order valence-electron chi connectivity index (χ4n) is 2.08. The molecule has 0 bridgehead atoms. The van der Waals surface area contributed by atoms with Gasteiger partial charge in [-0.05, 0) is 35.0 Å². The van der Waals surface area contributed by atoms with Crippen LogP contribution in [0.3, 0.4) is 0 Å². The molecule has 0 amide bonds. The number of aromatic amines is 1. The molecular formula is C15H11NO2. The molecule has 3 heteroatoms. The average molecular weight is 237 g/mol. The predicted molar refractivity (Wildman–Crippen MR) is 71.7 cm³/mol. The number of phenolic OH excluding ortho intramolecular Hbond substituents is 1. The minimum Gasteiger partial charge on any atom is -0.507 e. The molecule has 3 rings (SSSR count). The van der Waals surface area contributed by atoms with Crippen LogP contribution < -0.4 is 5.56 Å². The van der Waals surface area contributed by atoms with Crippen molar-refractivity contribution in [1.82, 2.24) is 4.98 Å². The molecule has 88 valence electrons. The molecule has 18 heavy (non-hydrogen) atoms. The van der Waals surface area contributed by atoms with Crippen LogP contribution in [0.4, 0.5) is 0 Å². The summed E-state index contributed by atoms with van der Waals surface area (Å²) in [5.41, 5.74) is 0.819. The summed E-state index contributed by atoms with van der Waals surface area (Å²) in [6.07, 6.45) is 1.57. The van der Waals surface area contributed by atoms with Crippen molar-refractivity contribution in [3.8, 4) is 16.9 Å². The van der Waals surface area contributed by atoms with E-state index in [1.165, 1.54) is 0 Å². The zero-order valence-electron chi connectivity index (χ0n) is 9.55. The van der Waals surface area contributed by atoms with Crippen LogP contribution in [0.25, 0.3) is 21.9 Å². The number of hydrogen-bond donors (Lipinski definition) is 2. The minimum atomic E-state index is -0.205. The molecule has 1 aromatic heterocycles. The van der Waals surface area contributed by atoms with Gasteiger partial charge in [0, 0.05) is 11.8 Å². The van der Waals surface area contributed by atoms with Gasteiger partial charge in [0.05, 0.1) is 5.56 Å². The average Bonchev–Trinajstić information content (AvgIpc) is 2.39. The van der Waals surface area contributed by atoms with Crippen LogP contribution in [-0.4, -0.2) is 10.1 Å². The summed E-state index contributed by atoms with van der Waals surface area (Å²) in [5.74, 6) is 0.116. The van der Waals surface area contributed by atoms with Gasteiger partial charge in [0.1, 0.15) is 5.75 Å². The minimum absolute atomic E-state index is 0.116. The number of H-pyrrole nitrogens is 1. The first-order valence-corrected chi connectivity index (χ1v) is 5.65. The van der Waals surface area contributed by atoms with Gasteiger partial charge < -0.3 is 10.1 Å². The second kappa shape index (κ2) is 4.04. The van der Waals surface area contributed by atoms with E-state index in [-0.39, 0.29) is 11.3 Å². The monoisotopic (exact) mass is 237 g/mol. The summed E-state index contributed by atoms with van der Waals surface area (Å²) in [7, 11) is 0. The number of fused-ring (bicyclic) bond motifs is 1. The third kappa shape index (κ3) is 1.66. The Morgan fingerprint density at radius 3 is 2.33 bits per heavy atom. The van der Waals surface area contributed by atoms with Crippen molar-refractivity contribution in [3.05, 3.63) is 65.1 Å². The van der Waals surface area contributed by atoms with Crippen molar-refractivity contribution in [2.45, 2.75) is 0 Å². The fraction of sp³-hybridized carbons (Fsp3) is 0. The first kappa shape index (κ1) is 10.6. The molecule has 1 heterocycles. The van der Waals surface area contributed by atoms with Gasteiger partial charge in [0.2, 0.25) is 0 Å². The van der Waals surface area contributed by atoms with Crippen LogP contribution in [0.5, 0.6) is 5.75 Å². The van der Waals surface area contributed by atoms with E-state index in [0.717, 1.165) is 10.8 Å². The summed E-state index contributed by atoms with van der Waals surface area (Å²) in [6, 6.07) is 14.7. The largest absolute Gasteiger partial charge is 0.507 e. The molecule has 0 aliphatic rings. The number of rotatable bonds is 1. The first-order chi connectivity index (χ1) is 8.75. The van der Waals surface area contributed by atoms with Gasteiger partial charge in [0.25, 0.3) is 5.56 Å². The van der Waals surface area contributed by atoms with Gasteiger partial charge in [-0.1, -0.05) is 24.3 Å². The zero-order valence-corrected chi connectivity index (χ0v) is 9.55. The molecule has 3 aromatic rings. The van der Waals surface area contributed by atoms with Crippen LogP contribution in [0.1, 0.15) is 0 Å². The molecule has 0 radical (unpaired) electrons. The normalized spacial score (nSPS) is 10.7. The van der Waals surface area contributed by atoms with E-state index in [4.69, 9.17) is 0 Å². The number of phenols is 1. The predicted octanol–water partition coefficient (Wildman–Crippen LogP) is 2.90. The lowest BCUT2D eigenvalue weighted by Crippen LogP contribution is -2.06. The standard InChI is InChI=1S/C15H11NO2/c17-14-9-11-5-2-1-4-10(11)8-13(14)12-6-3-7-16-15(12)18/h1-9,17H,(H,16,18). The maximum absolute atomic E-state index is 11.7. The number of benzene rings is 2. The molecule has 0 aliphatic heterocycles. The van der Waals surface area contributed by atoms with Crippen LogP contribution in [0.2, 0.25) is 0 Å². The lowest BCUT2D eigenvalue weighted by molar-refractivity contribution is 0.478. The lowest BCUT2D eigenvalue weighted by atomic mass is 10.0. The van der Waals surface area contributed by atoms with Gasteiger partial charge in [-0.2, -0.15) is 0 Å². The fourth-order valence-corrected chi connectivity index (χ4v) is 2.08. The van der Waals surface area contributed by atoms with Gasteiger partial charge >= 0.3 is 0 Å². The molecule has 0 unspecified atom stereocenters. The highest BCUT2D eigenvalue weighted by Crippen LogP contribution is 2.31. The van der Waals surface area contributed by atoms with E-state index < -0.39 is 0 Å². The molecule has 2 aromatic carbocycles. The van der Waals surface area contributed by atoms with Crippen molar-refractivity contribution < 1.29 is 5.11 Å². The van der Waals surface area contributed by atoms with E-state index in [1.54, 1.807) is 24.4 Å². The smallest absolute Gasteiger partial charge is 0.255 e. The van der Waals surface area contributed by atoms with Crippen LogP contribution in [-0.2, 0) is 0 Å². The van der Waals surface area contributed by atoms with Gasteiger partial charge in [0.15, 0.2) is 0 Å². The highest BCUT2D eigenvalue weighted by molar-refractivity contribution is 5.90. The molecular weight excluding hydrogens is 226 g/mol. The first-order valence-electron chi connectivity index (χ1n) is 5.65. The van der Waals surface area contributed by atoms with Crippen molar-refractivity contribution in [3.63, 3.8) is 0 Å². The summed E-state index contributed by atoms with van der Waals surface area (Å²) in [4.78, 5) is 14.3. The van der Waals surface area contributed by atoms with E-state index in [1.807, 2.05) is 30.3 Å². The quantitative estimate of drug-likeness (QED) is 0.683. The Labute approximate surface area is 103 Å². The summed E-state index contributed by atoms with van der Waals surface area (Å²) < 4.78 is 0. The molecule has 2 N–H and O–H groups in total. The van der Waals surface area contributed by atoms with E-state index in [2.05, 4.69) is 4.98 Å². The second-order valence-corrected chi connectivity index (χ2v) is 4.13. The number of aromatic hydroxyl groups is 1. The van der Waals surface area contributed by atoms with Crippen LogP contribution in [0, 0.1) is 0 Å². The van der Waals surface area contributed by atoms with E-state index in [9.17, 15) is 9.90 Å². The molecule has 0 aliphatic carbocycles. The van der Waals surface area contributed by atoms with Crippen LogP contribution >= 0.6 is 0 Å². The Balaban J connectivity index is 2.33. The van der Waals surface area contributed by atoms with Crippen molar-refractivity contribution >= 4 is 10.8 Å². The highest BCUT2D eigenvalue weighted by atomic mass is 16.3. The number of hydrogen-bond acceptors (Lipinski definition) is 2. The van der Waals surface area contributed by atoms with Gasteiger partial charge in [-0.25, -0.2) is 0 Å². The Morgan fingerprint density at radius 1 is 0.889 bits per heavy atom. The summed E-state index contributed by atoms with van der Waals surface area (Å²) in [5, 5.41) is 12.0. The van der Waals surface area contributed by atoms with Crippen molar-refractivity contribution in [2.24, 2.45) is 0 Å². The lowest BCUT2D eigenvalue weighted by Gasteiger charge is -2.06. The Bertz CT molecular complexity index is 775. The van der Waals surface area contributed by atoms with Crippen LogP contribution in [0.15, 0.2) is 59.5 Å². The molecule has 0 spiro atoms. The van der Waals surface area contributed by atoms with Crippen molar-refractivity contribution in [1.29, 1.82) is 0 Å². The van der Waals surface area contributed by atoms with E-state index >= 15 is 0 Å². The van der Waals surface area contributed by atoms with Crippen molar-refractivity contribution in [2.75, 3.05) is 0 Å². The van der Waals surface area contributed by atoms with E-state index in [0.29, 0.717) is 11.1 Å². The molecule has 0 saturated carbocycles. The zero-order chi connectivity index (χ0) is 12.5. The SMILES string of the molecule is O=c1[nH]cccc1-c1cc2ccccc2cc1O. The maximum Gasteiger partial charge on any atom is 0.255 e. The number of aromatic nitrogens is 1. The Hall–Kier alpha value is -2.55. The molecule has 0 fully saturated rings. The third-order valence-corrected chi connectivity index (χ3v) is 2.97. The Kier molecular flexibility index (Phi) is 2.38. The molecule has 0 saturated heterocycles. The number of nitrogens with one attached hydrogen (secondary N) is 1. The topological polar surface area (TPSA) is 53.1 Å². The maximum atomic E-state index is 11.7. The molecule has 0 atom stereocenters. The van der Waals surface area contributed by atoms with Gasteiger partial charge in [-0.15, -0.1) is 0 Å². The summed E-state index contributed by atoms with van der Waals surface area (Å²) >= 11 is 0. The molecule has 3 nitrogen and oxygen atoms in total.